The molecule has 1 aromatic rings. The van der Waals surface area contributed by atoms with E-state index >= 15 is 0 Å². The van der Waals surface area contributed by atoms with Crippen LogP contribution in [0.4, 0.5) is 0 Å². The van der Waals surface area contributed by atoms with E-state index in [0.29, 0.717) is 6.10 Å². The fourth-order valence-electron chi connectivity index (χ4n) is 1.59. The predicted molar refractivity (Wildman–Crippen MR) is 65.4 cm³/mol. The van der Waals surface area contributed by atoms with E-state index in [1.54, 1.807) is 0 Å². The number of ether oxygens (including phenoxy) is 1. The molecule has 1 rings (SSSR count). The quantitative estimate of drug-likeness (QED) is 0.672. The van der Waals surface area contributed by atoms with Gasteiger partial charge in [0.05, 0.1) is 6.10 Å². The van der Waals surface area contributed by atoms with Crippen molar-refractivity contribution in [1.82, 2.24) is 0 Å². The highest BCUT2D eigenvalue weighted by atomic mass is 16.5. The maximum atomic E-state index is 5.92. The Bertz CT molecular complexity index is 263. The van der Waals surface area contributed by atoms with Crippen molar-refractivity contribution in [2.75, 3.05) is 0 Å². The van der Waals surface area contributed by atoms with Crippen LogP contribution in [0.25, 0.3) is 0 Å². The molecule has 84 valence electrons. The van der Waals surface area contributed by atoms with Gasteiger partial charge < -0.3 is 4.74 Å². The summed E-state index contributed by atoms with van der Waals surface area (Å²) in [6.07, 6.45) is 5.14. The molecular weight excluding hydrogens is 184 g/mol. The molecule has 0 heterocycles. The van der Waals surface area contributed by atoms with Gasteiger partial charge in [0.1, 0.15) is 5.75 Å². The molecule has 0 aliphatic rings. The monoisotopic (exact) mass is 206 g/mol. The lowest BCUT2D eigenvalue weighted by Crippen LogP contribution is -2.14. The Morgan fingerprint density at radius 3 is 2.33 bits per heavy atom. The van der Waals surface area contributed by atoms with Crippen molar-refractivity contribution >= 4 is 0 Å². The minimum absolute atomic E-state index is 0.382. The summed E-state index contributed by atoms with van der Waals surface area (Å²) in [7, 11) is 0. The van der Waals surface area contributed by atoms with Crippen LogP contribution in [0.15, 0.2) is 24.3 Å². The third-order valence-corrected chi connectivity index (χ3v) is 2.66. The number of rotatable bonds is 6. The van der Waals surface area contributed by atoms with E-state index in [1.807, 2.05) is 0 Å². The first kappa shape index (κ1) is 12.1. The predicted octanol–water partition coefficient (Wildman–Crippen LogP) is 4.34. The summed E-state index contributed by atoms with van der Waals surface area (Å²) in [6, 6.07) is 8.32. The number of benzene rings is 1. The van der Waals surface area contributed by atoms with Gasteiger partial charge in [0.2, 0.25) is 0 Å². The second-order valence-electron chi connectivity index (χ2n) is 4.10. The van der Waals surface area contributed by atoms with Gasteiger partial charge >= 0.3 is 0 Å². The Labute approximate surface area is 93.5 Å². The highest BCUT2D eigenvalue weighted by Gasteiger charge is 2.06. The fraction of sp³-hybridized carbons (Fsp3) is 0.571. The number of hydrogen-bond donors (Lipinski definition) is 0. The summed E-state index contributed by atoms with van der Waals surface area (Å²) in [4.78, 5) is 0. The van der Waals surface area contributed by atoms with Crippen molar-refractivity contribution in [3.8, 4) is 5.75 Å². The van der Waals surface area contributed by atoms with Crippen LogP contribution in [0.1, 0.15) is 45.1 Å². The first-order valence-corrected chi connectivity index (χ1v) is 5.99. The molecule has 0 aliphatic carbocycles. The maximum Gasteiger partial charge on any atom is 0.119 e. The normalized spacial score (nSPS) is 12.5. The van der Waals surface area contributed by atoms with Crippen LogP contribution in [-0.4, -0.2) is 6.10 Å². The number of hydrogen-bond acceptors (Lipinski definition) is 1. The number of aryl methyl sites for hydroxylation is 1. The van der Waals surface area contributed by atoms with E-state index in [9.17, 15) is 0 Å². The molecule has 1 atom stereocenters. The van der Waals surface area contributed by atoms with Crippen LogP contribution in [-0.2, 0) is 0 Å². The Balaban J connectivity index is 2.47. The molecule has 0 N–H and O–H groups in total. The van der Waals surface area contributed by atoms with E-state index in [-0.39, 0.29) is 0 Å². The molecule has 0 radical (unpaired) electrons. The highest BCUT2D eigenvalue weighted by Crippen LogP contribution is 2.17. The molecule has 15 heavy (non-hydrogen) atoms. The third kappa shape index (κ3) is 4.37. The Morgan fingerprint density at radius 1 is 1.13 bits per heavy atom. The van der Waals surface area contributed by atoms with Crippen molar-refractivity contribution in [2.24, 2.45) is 0 Å². The molecule has 1 heteroatoms. The minimum Gasteiger partial charge on any atom is -0.490 e. The average molecular weight is 206 g/mol. The zero-order valence-electron chi connectivity index (χ0n) is 10.1. The zero-order valence-corrected chi connectivity index (χ0v) is 10.1. The lowest BCUT2D eigenvalue weighted by Gasteiger charge is -2.17. The standard InChI is InChI=1S/C14H22O/c1-4-6-7-13(5-2)15-14-10-8-12(3)9-11-14/h8-11,13H,4-7H2,1-3H3. The van der Waals surface area contributed by atoms with Gasteiger partial charge in [-0.05, 0) is 31.9 Å². The lowest BCUT2D eigenvalue weighted by atomic mass is 10.1. The zero-order chi connectivity index (χ0) is 11.1. The molecule has 0 fully saturated rings. The molecule has 0 aliphatic heterocycles. The van der Waals surface area contributed by atoms with Crippen molar-refractivity contribution in [3.05, 3.63) is 29.8 Å². The van der Waals surface area contributed by atoms with Gasteiger partial charge in [0.25, 0.3) is 0 Å². The van der Waals surface area contributed by atoms with Crippen LogP contribution < -0.4 is 4.74 Å². The van der Waals surface area contributed by atoms with Gasteiger partial charge in [-0.3, -0.25) is 0 Å². The molecule has 0 amide bonds. The first-order valence-electron chi connectivity index (χ1n) is 5.99. The van der Waals surface area contributed by atoms with E-state index in [2.05, 4.69) is 45.0 Å². The Morgan fingerprint density at radius 2 is 1.80 bits per heavy atom. The molecule has 0 saturated heterocycles. The molecule has 0 saturated carbocycles. The van der Waals surface area contributed by atoms with E-state index in [4.69, 9.17) is 4.74 Å². The fourth-order valence-corrected chi connectivity index (χ4v) is 1.59. The van der Waals surface area contributed by atoms with Gasteiger partial charge in [-0.1, -0.05) is 44.4 Å². The van der Waals surface area contributed by atoms with Crippen LogP contribution in [0.5, 0.6) is 5.75 Å². The average Bonchev–Trinajstić information content (AvgIpc) is 2.27. The Kier molecular flexibility index (Phi) is 5.23. The van der Waals surface area contributed by atoms with Gasteiger partial charge in [-0.2, -0.15) is 0 Å². The third-order valence-electron chi connectivity index (χ3n) is 2.66. The molecule has 1 nitrogen and oxygen atoms in total. The second-order valence-corrected chi connectivity index (χ2v) is 4.10. The summed E-state index contributed by atoms with van der Waals surface area (Å²) >= 11 is 0. The molecule has 0 bridgehead atoms. The van der Waals surface area contributed by atoms with E-state index in [1.165, 1.54) is 24.8 Å². The largest absolute Gasteiger partial charge is 0.490 e. The van der Waals surface area contributed by atoms with Gasteiger partial charge in [0, 0.05) is 0 Å². The van der Waals surface area contributed by atoms with Gasteiger partial charge in [-0.25, -0.2) is 0 Å². The van der Waals surface area contributed by atoms with Crippen molar-refractivity contribution in [1.29, 1.82) is 0 Å². The van der Waals surface area contributed by atoms with Crippen LogP contribution in [0, 0.1) is 6.92 Å². The summed E-state index contributed by atoms with van der Waals surface area (Å²) in [6.45, 7) is 6.51. The smallest absolute Gasteiger partial charge is 0.119 e. The van der Waals surface area contributed by atoms with Crippen LogP contribution in [0.2, 0.25) is 0 Å². The maximum absolute atomic E-state index is 5.92. The summed E-state index contributed by atoms with van der Waals surface area (Å²) in [5.74, 6) is 1.00. The SMILES string of the molecule is CCCCC(CC)Oc1ccc(C)cc1. The summed E-state index contributed by atoms with van der Waals surface area (Å²) in [5, 5.41) is 0. The molecule has 0 aromatic heterocycles. The summed E-state index contributed by atoms with van der Waals surface area (Å²) in [5.41, 5.74) is 1.28. The Hall–Kier alpha value is -0.980. The molecule has 1 aromatic carbocycles. The molecule has 0 spiro atoms. The van der Waals surface area contributed by atoms with Gasteiger partial charge in [-0.15, -0.1) is 0 Å². The van der Waals surface area contributed by atoms with Crippen molar-refractivity contribution in [2.45, 2.75) is 52.6 Å². The van der Waals surface area contributed by atoms with Gasteiger partial charge in [0.15, 0.2) is 0 Å². The van der Waals surface area contributed by atoms with Crippen molar-refractivity contribution < 1.29 is 4.74 Å². The molecule has 1 unspecified atom stereocenters. The van der Waals surface area contributed by atoms with Crippen molar-refractivity contribution in [3.63, 3.8) is 0 Å². The van der Waals surface area contributed by atoms with E-state index in [0.717, 1.165) is 12.2 Å². The second kappa shape index (κ2) is 6.49. The van der Waals surface area contributed by atoms with E-state index < -0.39 is 0 Å². The van der Waals surface area contributed by atoms with Crippen LogP contribution in [0.3, 0.4) is 0 Å². The first-order chi connectivity index (χ1) is 7.26. The molecular formula is C14H22O. The number of unbranched alkanes of at least 4 members (excludes halogenated alkanes) is 1. The minimum atomic E-state index is 0.382. The highest BCUT2D eigenvalue weighted by molar-refractivity contribution is 5.26. The topological polar surface area (TPSA) is 9.23 Å². The summed E-state index contributed by atoms with van der Waals surface area (Å²) < 4.78 is 5.92. The lowest BCUT2D eigenvalue weighted by molar-refractivity contribution is 0.183. The van der Waals surface area contributed by atoms with Crippen LogP contribution >= 0.6 is 0 Å².